The predicted molar refractivity (Wildman–Crippen MR) is 126 cm³/mol. The van der Waals surface area contributed by atoms with Gasteiger partial charge in [0.2, 0.25) is 11.8 Å². The Morgan fingerprint density at radius 2 is 1.44 bits per heavy atom. The molecular weight excluding hydrogens is 436 g/mol. The first-order chi connectivity index (χ1) is 16.3. The molecule has 8 nitrogen and oxygen atoms in total. The van der Waals surface area contributed by atoms with Crippen LogP contribution in [0.15, 0.2) is 78.9 Å². The monoisotopic (exact) mass is 462 g/mol. The van der Waals surface area contributed by atoms with E-state index in [4.69, 9.17) is 15.2 Å². The Balaban J connectivity index is 1.95. The van der Waals surface area contributed by atoms with Crippen LogP contribution in [0.1, 0.15) is 24.5 Å². The summed E-state index contributed by atoms with van der Waals surface area (Å²) in [6, 6.07) is 22.2. The Hall–Kier alpha value is -4.33. The van der Waals surface area contributed by atoms with Crippen LogP contribution in [0, 0.1) is 0 Å². The van der Waals surface area contributed by atoms with Crippen LogP contribution in [-0.2, 0) is 27.6 Å². The second kappa shape index (κ2) is 11.5. The Bertz CT molecular complexity index is 1130. The minimum Gasteiger partial charge on any atom is -0.489 e. The van der Waals surface area contributed by atoms with Crippen LogP contribution in [-0.4, -0.2) is 28.9 Å². The molecule has 3 rings (SSSR count). The van der Waals surface area contributed by atoms with E-state index in [1.807, 2.05) is 60.7 Å². The molecular formula is C26H26N2O6. The van der Waals surface area contributed by atoms with E-state index in [-0.39, 0.29) is 18.0 Å². The van der Waals surface area contributed by atoms with Gasteiger partial charge in [0.1, 0.15) is 30.8 Å². The minimum absolute atomic E-state index is 0.176. The van der Waals surface area contributed by atoms with Gasteiger partial charge in [0.25, 0.3) is 0 Å². The standard InChI is InChI=1S/C26H26N2O6/c1-18(29)28(23(26(31)32)15-25(27)30)22-13-12-21(33-16-19-8-4-2-5-9-19)14-24(22)34-17-20-10-6-3-7-11-20/h2-14,23H,15-17H2,1H3,(H2,27,30)(H,31,32)/t23-/m0/s1. The summed E-state index contributed by atoms with van der Waals surface area (Å²) in [5.41, 5.74) is 7.29. The number of primary amides is 1. The van der Waals surface area contributed by atoms with Gasteiger partial charge in [-0.25, -0.2) is 4.79 Å². The van der Waals surface area contributed by atoms with Gasteiger partial charge in [-0.3, -0.25) is 14.5 Å². The highest BCUT2D eigenvalue weighted by molar-refractivity contribution is 6.00. The van der Waals surface area contributed by atoms with E-state index in [9.17, 15) is 19.5 Å². The molecule has 0 fully saturated rings. The lowest BCUT2D eigenvalue weighted by Crippen LogP contribution is -2.46. The molecule has 0 aliphatic heterocycles. The zero-order valence-corrected chi connectivity index (χ0v) is 18.7. The number of carboxylic acid groups (broad SMARTS) is 1. The predicted octanol–water partition coefficient (Wildman–Crippen LogP) is 3.53. The van der Waals surface area contributed by atoms with Crippen molar-refractivity contribution < 1.29 is 29.0 Å². The lowest BCUT2D eigenvalue weighted by molar-refractivity contribution is -0.141. The van der Waals surface area contributed by atoms with Crippen molar-refractivity contribution in [3.05, 3.63) is 90.0 Å². The van der Waals surface area contributed by atoms with Crippen molar-refractivity contribution in [1.82, 2.24) is 0 Å². The van der Waals surface area contributed by atoms with E-state index in [2.05, 4.69) is 0 Å². The first kappa shape index (κ1) is 24.3. The van der Waals surface area contributed by atoms with Crippen molar-refractivity contribution in [3.8, 4) is 11.5 Å². The maximum absolute atomic E-state index is 12.5. The average Bonchev–Trinajstić information content (AvgIpc) is 2.82. The fourth-order valence-electron chi connectivity index (χ4n) is 3.41. The molecule has 1 atom stereocenters. The first-order valence-corrected chi connectivity index (χ1v) is 10.6. The summed E-state index contributed by atoms with van der Waals surface area (Å²) in [6.45, 7) is 1.71. The Morgan fingerprint density at radius 3 is 1.94 bits per heavy atom. The third-order valence-corrected chi connectivity index (χ3v) is 5.01. The van der Waals surface area contributed by atoms with E-state index in [0.717, 1.165) is 16.0 Å². The summed E-state index contributed by atoms with van der Waals surface area (Å²) in [4.78, 5) is 36.9. The molecule has 0 radical (unpaired) electrons. The maximum Gasteiger partial charge on any atom is 0.327 e. The van der Waals surface area contributed by atoms with E-state index >= 15 is 0 Å². The van der Waals surface area contributed by atoms with Crippen molar-refractivity contribution in [2.45, 2.75) is 32.6 Å². The topological polar surface area (TPSA) is 119 Å². The summed E-state index contributed by atoms with van der Waals surface area (Å²) in [7, 11) is 0. The van der Waals surface area contributed by atoms with Gasteiger partial charge in [-0.05, 0) is 23.3 Å². The fourth-order valence-corrected chi connectivity index (χ4v) is 3.41. The lowest BCUT2D eigenvalue weighted by Gasteiger charge is -2.29. The molecule has 0 saturated carbocycles. The molecule has 34 heavy (non-hydrogen) atoms. The zero-order valence-electron chi connectivity index (χ0n) is 18.7. The molecule has 0 aliphatic carbocycles. The molecule has 176 valence electrons. The van der Waals surface area contributed by atoms with Crippen LogP contribution >= 0.6 is 0 Å². The highest BCUT2D eigenvalue weighted by Crippen LogP contribution is 2.35. The Morgan fingerprint density at radius 1 is 0.882 bits per heavy atom. The molecule has 3 aromatic carbocycles. The fraction of sp³-hybridized carbons (Fsp3) is 0.192. The number of carbonyl (C=O) groups excluding carboxylic acids is 2. The number of carbonyl (C=O) groups is 3. The van der Waals surface area contributed by atoms with Gasteiger partial charge in [-0.15, -0.1) is 0 Å². The highest BCUT2D eigenvalue weighted by Gasteiger charge is 2.32. The van der Waals surface area contributed by atoms with Gasteiger partial charge in [0.15, 0.2) is 0 Å². The van der Waals surface area contributed by atoms with Gasteiger partial charge < -0.3 is 20.3 Å². The molecule has 0 aromatic heterocycles. The summed E-state index contributed by atoms with van der Waals surface area (Å²) < 4.78 is 11.9. The number of benzene rings is 3. The van der Waals surface area contributed by atoms with Crippen LogP contribution in [0.3, 0.4) is 0 Å². The maximum atomic E-state index is 12.5. The highest BCUT2D eigenvalue weighted by atomic mass is 16.5. The van der Waals surface area contributed by atoms with E-state index in [1.165, 1.54) is 6.92 Å². The summed E-state index contributed by atoms with van der Waals surface area (Å²) in [5, 5.41) is 9.70. The van der Waals surface area contributed by atoms with Gasteiger partial charge in [0, 0.05) is 13.0 Å². The molecule has 0 saturated heterocycles. The van der Waals surface area contributed by atoms with Crippen LogP contribution in [0.25, 0.3) is 0 Å². The summed E-state index contributed by atoms with van der Waals surface area (Å²) >= 11 is 0. The van der Waals surface area contributed by atoms with Crippen molar-refractivity contribution in [1.29, 1.82) is 0 Å². The second-order valence-corrected chi connectivity index (χ2v) is 7.59. The summed E-state index contributed by atoms with van der Waals surface area (Å²) in [5.74, 6) is -2.06. The molecule has 0 heterocycles. The largest absolute Gasteiger partial charge is 0.489 e. The van der Waals surface area contributed by atoms with Crippen molar-refractivity contribution in [2.75, 3.05) is 4.90 Å². The number of hydrogen-bond donors (Lipinski definition) is 2. The van der Waals surface area contributed by atoms with Crippen molar-refractivity contribution >= 4 is 23.5 Å². The number of hydrogen-bond acceptors (Lipinski definition) is 5. The SMILES string of the molecule is CC(=O)N(c1ccc(OCc2ccccc2)cc1OCc1ccccc1)[C@@H](CC(N)=O)C(=O)O. The van der Waals surface area contributed by atoms with Crippen LogP contribution in [0.4, 0.5) is 5.69 Å². The molecule has 8 heteroatoms. The third kappa shape index (κ3) is 6.59. The first-order valence-electron chi connectivity index (χ1n) is 10.6. The smallest absolute Gasteiger partial charge is 0.327 e. The van der Waals surface area contributed by atoms with Gasteiger partial charge in [0.05, 0.1) is 12.1 Å². The minimum atomic E-state index is -1.48. The quantitative estimate of drug-likeness (QED) is 0.450. The molecule has 0 unspecified atom stereocenters. The molecule has 0 bridgehead atoms. The van der Waals surface area contributed by atoms with Gasteiger partial charge in [-0.1, -0.05) is 60.7 Å². The molecule has 3 N–H and O–H groups in total. The number of amides is 2. The average molecular weight is 463 g/mol. The summed E-state index contributed by atoms with van der Waals surface area (Å²) in [6.07, 6.45) is -0.542. The Labute approximate surface area is 197 Å². The van der Waals surface area contributed by atoms with E-state index in [1.54, 1.807) is 18.2 Å². The third-order valence-electron chi connectivity index (χ3n) is 5.01. The number of rotatable bonds is 11. The molecule has 3 aromatic rings. The van der Waals surface area contributed by atoms with Crippen molar-refractivity contribution in [2.24, 2.45) is 5.73 Å². The van der Waals surface area contributed by atoms with Crippen LogP contribution in [0.2, 0.25) is 0 Å². The van der Waals surface area contributed by atoms with E-state index < -0.39 is 30.2 Å². The van der Waals surface area contributed by atoms with Gasteiger partial charge in [-0.2, -0.15) is 0 Å². The molecule has 0 aliphatic rings. The van der Waals surface area contributed by atoms with Crippen LogP contribution < -0.4 is 20.1 Å². The number of aliphatic carboxylic acids is 1. The normalized spacial score (nSPS) is 11.3. The number of nitrogens with zero attached hydrogens (tertiary/aromatic N) is 1. The van der Waals surface area contributed by atoms with E-state index in [0.29, 0.717) is 12.4 Å². The molecule has 2 amide bonds. The van der Waals surface area contributed by atoms with Gasteiger partial charge >= 0.3 is 5.97 Å². The number of anilines is 1. The van der Waals surface area contributed by atoms with Crippen LogP contribution in [0.5, 0.6) is 11.5 Å². The Kier molecular flexibility index (Phi) is 8.23. The second-order valence-electron chi connectivity index (χ2n) is 7.59. The molecule has 0 spiro atoms. The van der Waals surface area contributed by atoms with Crippen molar-refractivity contribution in [3.63, 3.8) is 0 Å². The lowest BCUT2D eigenvalue weighted by atomic mass is 10.1. The number of carboxylic acids is 1. The zero-order chi connectivity index (χ0) is 24.5. The number of nitrogens with two attached hydrogens (primary N) is 1. The number of ether oxygens (including phenoxy) is 2.